The van der Waals surface area contributed by atoms with Gasteiger partial charge in [-0.3, -0.25) is 9.59 Å². The topological polar surface area (TPSA) is 95.9 Å². The fourth-order valence-corrected chi connectivity index (χ4v) is 9.28. The average Bonchev–Trinajstić information content (AvgIpc) is 3.31. The molecule has 0 aliphatic heterocycles. The number of carbonyl (C=O) groups excluding carboxylic acids is 2. The Morgan fingerprint density at radius 3 is 1.09 bits per heavy atom. The lowest BCUT2D eigenvalue weighted by atomic mass is 10.0. The van der Waals surface area contributed by atoms with Gasteiger partial charge in [-0.1, -0.05) is 276 Å². The van der Waals surface area contributed by atoms with E-state index in [2.05, 4.69) is 31.3 Å². The summed E-state index contributed by atoms with van der Waals surface area (Å²) in [6, 6.07) is -0.540. The third-order valence-corrected chi connectivity index (χ3v) is 13.8. The van der Waals surface area contributed by atoms with Gasteiger partial charge in [-0.2, -0.15) is 0 Å². The number of amides is 1. The highest BCUT2D eigenvalue weighted by molar-refractivity contribution is 5.76. The van der Waals surface area contributed by atoms with Crippen LogP contribution in [0.1, 0.15) is 328 Å². The van der Waals surface area contributed by atoms with Gasteiger partial charge >= 0.3 is 5.97 Å². The Balaban J connectivity index is 3.36. The summed E-state index contributed by atoms with van der Waals surface area (Å²) in [4.78, 5) is 24.5. The zero-order valence-electron chi connectivity index (χ0n) is 44.0. The summed E-state index contributed by atoms with van der Waals surface area (Å²) in [6.07, 6.45) is 64.9. The quantitative estimate of drug-likeness (QED) is 0.0321. The molecule has 0 bridgehead atoms. The van der Waals surface area contributed by atoms with Gasteiger partial charge in [0.15, 0.2) is 0 Å². The van der Waals surface area contributed by atoms with Crippen LogP contribution in [-0.4, -0.2) is 47.4 Å². The first-order valence-corrected chi connectivity index (χ1v) is 29.4. The van der Waals surface area contributed by atoms with Gasteiger partial charge in [0, 0.05) is 12.8 Å². The van der Waals surface area contributed by atoms with Crippen LogP contribution in [0.4, 0.5) is 0 Å². The molecule has 386 valence electrons. The molecule has 0 rings (SSSR count). The van der Waals surface area contributed by atoms with Gasteiger partial charge in [0.25, 0.3) is 0 Å². The number of hydrogen-bond donors (Lipinski definition) is 3. The molecular formula is C59H115NO5. The molecule has 0 radical (unpaired) electrons. The molecule has 0 aromatic heterocycles. The molecule has 0 aliphatic rings. The Kier molecular flexibility index (Phi) is 54.0. The monoisotopic (exact) mass is 918 g/mol. The Bertz CT molecular complexity index is 970. The average molecular weight is 919 g/mol. The number of esters is 1. The molecule has 2 atom stereocenters. The predicted molar refractivity (Wildman–Crippen MR) is 283 cm³/mol. The molecule has 0 saturated carbocycles. The van der Waals surface area contributed by atoms with Gasteiger partial charge in [0.1, 0.15) is 0 Å². The maximum absolute atomic E-state index is 12.4. The van der Waals surface area contributed by atoms with E-state index in [1.54, 1.807) is 0 Å². The van der Waals surface area contributed by atoms with Crippen LogP contribution in [0.5, 0.6) is 0 Å². The van der Waals surface area contributed by atoms with Gasteiger partial charge < -0.3 is 20.3 Å². The van der Waals surface area contributed by atoms with Crippen LogP contribution < -0.4 is 5.32 Å². The standard InChI is InChI=1S/C59H115NO5/c1-3-5-7-9-11-13-15-17-25-29-33-37-41-45-49-53-59(64)65-54-50-46-42-38-34-30-27-24-22-20-18-19-21-23-26-28-32-36-40-44-48-52-58(63)60-56(55-61)57(62)51-47-43-39-35-31-16-14-12-10-8-6-4-2/h17,25,56-57,61-62H,3-16,18-24,26-55H2,1-2H3,(H,60,63)/b25-17-. The van der Waals surface area contributed by atoms with Crippen molar-refractivity contribution in [3.63, 3.8) is 0 Å². The molecule has 65 heavy (non-hydrogen) atoms. The number of unbranched alkanes of at least 4 members (excludes halogenated alkanes) is 42. The number of rotatable bonds is 55. The van der Waals surface area contributed by atoms with E-state index in [4.69, 9.17) is 4.74 Å². The second-order valence-electron chi connectivity index (χ2n) is 20.3. The maximum Gasteiger partial charge on any atom is 0.305 e. The second kappa shape index (κ2) is 55.2. The molecule has 3 N–H and O–H groups in total. The van der Waals surface area contributed by atoms with E-state index in [-0.39, 0.29) is 18.5 Å². The second-order valence-corrected chi connectivity index (χ2v) is 20.3. The minimum Gasteiger partial charge on any atom is -0.466 e. The molecule has 1 amide bonds. The van der Waals surface area contributed by atoms with Crippen LogP contribution in [0.2, 0.25) is 0 Å². The van der Waals surface area contributed by atoms with Gasteiger partial charge in [-0.05, 0) is 51.4 Å². The van der Waals surface area contributed by atoms with Gasteiger partial charge in [0.2, 0.25) is 5.91 Å². The van der Waals surface area contributed by atoms with E-state index >= 15 is 0 Å². The molecule has 0 fully saturated rings. The molecule has 6 nitrogen and oxygen atoms in total. The summed E-state index contributed by atoms with van der Waals surface area (Å²) < 4.78 is 5.48. The number of hydrogen-bond acceptors (Lipinski definition) is 5. The molecule has 0 aromatic carbocycles. The third kappa shape index (κ3) is 51.8. The predicted octanol–water partition coefficient (Wildman–Crippen LogP) is 18.1. The molecular weight excluding hydrogens is 803 g/mol. The lowest BCUT2D eigenvalue weighted by Gasteiger charge is -2.22. The van der Waals surface area contributed by atoms with E-state index in [1.807, 2.05) is 0 Å². The molecule has 0 heterocycles. The summed E-state index contributed by atoms with van der Waals surface area (Å²) in [6.45, 7) is 4.95. The van der Waals surface area contributed by atoms with Crippen molar-refractivity contribution in [2.75, 3.05) is 13.2 Å². The molecule has 0 spiro atoms. The Morgan fingerprint density at radius 1 is 0.415 bits per heavy atom. The summed E-state index contributed by atoms with van der Waals surface area (Å²) >= 11 is 0. The lowest BCUT2D eigenvalue weighted by Crippen LogP contribution is -2.45. The zero-order chi connectivity index (χ0) is 47.2. The lowest BCUT2D eigenvalue weighted by molar-refractivity contribution is -0.143. The highest BCUT2D eigenvalue weighted by Crippen LogP contribution is 2.18. The van der Waals surface area contributed by atoms with E-state index in [0.29, 0.717) is 25.9 Å². The van der Waals surface area contributed by atoms with Crippen molar-refractivity contribution in [3.05, 3.63) is 12.2 Å². The largest absolute Gasteiger partial charge is 0.466 e. The van der Waals surface area contributed by atoms with E-state index < -0.39 is 12.1 Å². The number of aliphatic hydroxyl groups is 2. The fourth-order valence-electron chi connectivity index (χ4n) is 9.28. The summed E-state index contributed by atoms with van der Waals surface area (Å²) in [5.41, 5.74) is 0. The Morgan fingerprint density at radius 2 is 0.723 bits per heavy atom. The van der Waals surface area contributed by atoms with Crippen molar-refractivity contribution in [2.45, 2.75) is 341 Å². The number of allylic oxidation sites excluding steroid dienone is 2. The summed E-state index contributed by atoms with van der Waals surface area (Å²) in [5, 5.41) is 23.2. The van der Waals surface area contributed by atoms with Crippen LogP contribution >= 0.6 is 0 Å². The van der Waals surface area contributed by atoms with Gasteiger partial charge in [-0.25, -0.2) is 0 Å². The normalized spacial score (nSPS) is 12.6. The van der Waals surface area contributed by atoms with Crippen molar-refractivity contribution in [2.24, 2.45) is 0 Å². The number of carbonyl (C=O) groups is 2. The van der Waals surface area contributed by atoms with Crippen molar-refractivity contribution in [1.82, 2.24) is 5.32 Å². The molecule has 0 saturated heterocycles. The SMILES string of the molecule is CCCCCCCC/C=C\CCCCCCCC(=O)OCCCCCCCCCCCCCCCCCCCCCCCC(=O)NC(CO)C(O)CCCCCCCCCCCCCC. The molecule has 2 unspecified atom stereocenters. The number of nitrogens with one attached hydrogen (secondary N) is 1. The van der Waals surface area contributed by atoms with Crippen LogP contribution in [0.25, 0.3) is 0 Å². The van der Waals surface area contributed by atoms with Crippen molar-refractivity contribution in [3.8, 4) is 0 Å². The smallest absolute Gasteiger partial charge is 0.305 e. The minimum absolute atomic E-state index is 0.00453. The van der Waals surface area contributed by atoms with E-state index in [1.165, 1.54) is 250 Å². The van der Waals surface area contributed by atoms with Crippen LogP contribution in [-0.2, 0) is 14.3 Å². The zero-order valence-corrected chi connectivity index (χ0v) is 44.0. The molecule has 0 aliphatic carbocycles. The third-order valence-electron chi connectivity index (χ3n) is 13.8. The number of ether oxygens (including phenoxy) is 1. The van der Waals surface area contributed by atoms with Crippen molar-refractivity contribution >= 4 is 11.9 Å². The first kappa shape index (κ1) is 63.6. The van der Waals surface area contributed by atoms with Crippen LogP contribution in [0, 0.1) is 0 Å². The van der Waals surface area contributed by atoms with Gasteiger partial charge in [-0.15, -0.1) is 0 Å². The Labute approximate surface area is 406 Å². The number of aliphatic hydroxyl groups excluding tert-OH is 2. The van der Waals surface area contributed by atoms with E-state index in [9.17, 15) is 19.8 Å². The maximum atomic E-state index is 12.4. The van der Waals surface area contributed by atoms with E-state index in [0.717, 1.165) is 44.9 Å². The first-order valence-electron chi connectivity index (χ1n) is 29.4. The van der Waals surface area contributed by atoms with Crippen molar-refractivity contribution in [1.29, 1.82) is 0 Å². The summed E-state index contributed by atoms with van der Waals surface area (Å²) in [5.74, 6) is -0.0307. The van der Waals surface area contributed by atoms with Crippen molar-refractivity contribution < 1.29 is 24.5 Å². The van der Waals surface area contributed by atoms with Gasteiger partial charge in [0.05, 0.1) is 25.4 Å². The fraction of sp³-hybridized carbons (Fsp3) is 0.932. The first-order chi connectivity index (χ1) is 32.0. The Hall–Kier alpha value is -1.40. The highest BCUT2D eigenvalue weighted by atomic mass is 16.5. The van der Waals surface area contributed by atoms with Crippen LogP contribution in [0.3, 0.4) is 0 Å². The summed E-state index contributed by atoms with van der Waals surface area (Å²) in [7, 11) is 0. The van der Waals surface area contributed by atoms with Crippen LogP contribution in [0.15, 0.2) is 12.2 Å². The molecule has 0 aromatic rings. The molecule has 6 heteroatoms. The minimum atomic E-state index is -0.663. The highest BCUT2D eigenvalue weighted by Gasteiger charge is 2.20.